The highest BCUT2D eigenvalue weighted by atomic mass is 19.4. The van der Waals surface area contributed by atoms with Crippen molar-refractivity contribution in [2.24, 2.45) is 5.41 Å². The average Bonchev–Trinajstić information content (AvgIpc) is 3.04. The smallest absolute Gasteiger partial charge is 0.355 e. The number of hydrogen-bond donors (Lipinski definition) is 2. The Morgan fingerprint density at radius 2 is 2.00 bits per heavy atom. The van der Waals surface area contributed by atoms with Crippen molar-refractivity contribution in [3.05, 3.63) is 0 Å². The Bertz CT molecular complexity index is 334. The summed E-state index contributed by atoms with van der Waals surface area (Å²) in [6, 6.07) is 0. The van der Waals surface area contributed by atoms with Crippen LogP contribution in [0.15, 0.2) is 0 Å². The quantitative estimate of drug-likeness (QED) is 0.747. The molecule has 1 atom stereocenters. The zero-order chi connectivity index (χ0) is 14.6. The normalized spacial score (nSPS) is 27.9. The summed E-state index contributed by atoms with van der Waals surface area (Å²) >= 11 is 0. The summed E-state index contributed by atoms with van der Waals surface area (Å²) in [4.78, 5) is 14.2. The molecular formula is C13H22F3N3O. The molecule has 0 radical (unpaired) electrons. The standard InChI is InChI=1S/C13H22F3N3O/c14-13(15,16)12(4-6-17-10-12)11(20)18-5-3-9-19-7-1-2-8-19/h17H,1-10H2,(H,18,20). The molecule has 0 aliphatic carbocycles. The first kappa shape index (κ1) is 15.6. The van der Waals surface area contributed by atoms with Crippen molar-refractivity contribution >= 4 is 5.91 Å². The number of rotatable bonds is 5. The molecule has 0 spiro atoms. The fraction of sp³-hybridized carbons (Fsp3) is 0.923. The molecule has 0 aromatic carbocycles. The molecule has 116 valence electrons. The lowest BCUT2D eigenvalue weighted by atomic mass is 9.85. The van der Waals surface area contributed by atoms with Crippen LogP contribution in [0.2, 0.25) is 0 Å². The van der Waals surface area contributed by atoms with Gasteiger partial charge in [0.2, 0.25) is 5.91 Å². The maximum atomic E-state index is 13.1. The molecule has 20 heavy (non-hydrogen) atoms. The molecule has 7 heteroatoms. The summed E-state index contributed by atoms with van der Waals surface area (Å²) in [5.41, 5.74) is -2.24. The summed E-state index contributed by atoms with van der Waals surface area (Å²) in [6.45, 7) is 3.20. The minimum atomic E-state index is -4.49. The van der Waals surface area contributed by atoms with E-state index in [-0.39, 0.29) is 19.5 Å². The van der Waals surface area contributed by atoms with Crippen LogP contribution in [0, 0.1) is 5.41 Å². The van der Waals surface area contributed by atoms with Gasteiger partial charge in [0.15, 0.2) is 5.41 Å². The van der Waals surface area contributed by atoms with Crippen molar-refractivity contribution in [2.45, 2.75) is 31.9 Å². The van der Waals surface area contributed by atoms with Crippen LogP contribution in [0.3, 0.4) is 0 Å². The third-order valence-electron chi connectivity index (χ3n) is 4.27. The number of likely N-dealkylation sites (tertiary alicyclic amines) is 1. The van der Waals surface area contributed by atoms with Crippen LogP contribution in [0.25, 0.3) is 0 Å². The summed E-state index contributed by atoms with van der Waals surface area (Å²) < 4.78 is 39.3. The predicted octanol–water partition coefficient (Wildman–Crippen LogP) is 1.13. The molecule has 2 aliphatic rings. The average molecular weight is 293 g/mol. The number of carbonyl (C=O) groups excluding carboxylic acids is 1. The van der Waals surface area contributed by atoms with Gasteiger partial charge in [0, 0.05) is 13.1 Å². The van der Waals surface area contributed by atoms with Gasteiger partial charge in [-0.3, -0.25) is 4.79 Å². The molecule has 0 aromatic heterocycles. The second-order valence-electron chi connectivity index (χ2n) is 5.66. The van der Waals surface area contributed by atoms with Crippen LogP contribution in [0.4, 0.5) is 13.2 Å². The summed E-state index contributed by atoms with van der Waals surface area (Å²) in [5, 5.41) is 5.12. The number of halogens is 3. The first-order valence-corrected chi connectivity index (χ1v) is 7.24. The highest BCUT2D eigenvalue weighted by Gasteiger charge is 2.61. The van der Waals surface area contributed by atoms with Crippen LogP contribution in [0.1, 0.15) is 25.7 Å². The van der Waals surface area contributed by atoms with E-state index in [4.69, 9.17) is 0 Å². The highest BCUT2D eigenvalue weighted by molar-refractivity contribution is 5.84. The number of amides is 1. The van der Waals surface area contributed by atoms with Gasteiger partial charge in [0.05, 0.1) is 0 Å². The van der Waals surface area contributed by atoms with Crippen molar-refractivity contribution in [3.63, 3.8) is 0 Å². The minimum Gasteiger partial charge on any atom is -0.355 e. The van der Waals surface area contributed by atoms with E-state index >= 15 is 0 Å². The SMILES string of the molecule is O=C(NCCCN1CCCC1)C1(C(F)(F)F)CCNC1. The van der Waals surface area contributed by atoms with Crippen molar-refractivity contribution in [1.29, 1.82) is 0 Å². The molecule has 2 saturated heterocycles. The summed E-state index contributed by atoms with van der Waals surface area (Å²) in [7, 11) is 0. The molecule has 2 fully saturated rings. The zero-order valence-corrected chi connectivity index (χ0v) is 11.6. The molecule has 0 saturated carbocycles. The highest BCUT2D eigenvalue weighted by Crippen LogP contribution is 2.43. The first-order valence-electron chi connectivity index (χ1n) is 7.24. The number of carbonyl (C=O) groups is 1. The molecule has 0 aromatic rings. The van der Waals surface area contributed by atoms with E-state index in [1.807, 2.05) is 0 Å². The van der Waals surface area contributed by atoms with E-state index in [9.17, 15) is 18.0 Å². The lowest BCUT2D eigenvalue weighted by Crippen LogP contribution is -2.52. The molecule has 2 heterocycles. The number of nitrogens with one attached hydrogen (secondary N) is 2. The molecule has 2 aliphatic heterocycles. The van der Waals surface area contributed by atoms with Crippen molar-refractivity contribution < 1.29 is 18.0 Å². The van der Waals surface area contributed by atoms with Gasteiger partial charge < -0.3 is 15.5 Å². The number of nitrogens with zero attached hydrogens (tertiary/aromatic N) is 1. The Balaban J connectivity index is 1.77. The van der Waals surface area contributed by atoms with Crippen LogP contribution in [-0.4, -0.2) is 56.3 Å². The zero-order valence-electron chi connectivity index (χ0n) is 11.6. The minimum absolute atomic E-state index is 0.172. The van der Waals surface area contributed by atoms with Gasteiger partial charge in [-0.05, 0) is 51.9 Å². The van der Waals surface area contributed by atoms with Crippen LogP contribution >= 0.6 is 0 Å². The fourth-order valence-electron chi connectivity index (χ4n) is 2.94. The molecule has 4 nitrogen and oxygen atoms in total. The van der Waals surface area contributed by atoms with Crippen LogP contribution < -0.4 is 10.6 Å². The third-order valence-corrected chi connectivity index (χ3v) is 4.27. The van der Waals surface area contributed by atoms with Gasteiger partial charge in [0.1, 0.15) is 0 Å². The second-order valence-corrected chi connectivity index (χ2v) is 5.66. The molecular weight excluding hydrogens is 271 g/mol. The lowest BCUT2D eigenvalue weighted by molar-refractivity contribution is -0.216. The predicted molar refractivity (Wildman–Crippen MR) is 69.3 cm³/mol. The Morgan fingerprint density at radius 3 is 2.55 bits per heavy atom. The van der Waals surface area contributed by atoms with Crippen molar-refractivity contribution in [1.82, 2.24) is 15.5 Å². The first-order chi connectivity index (χ1) is 9.46. The number of alkyl halides is 3. The number of hydrogen-bond acceptors (Lipinski definition) is 3. The Hall–Kier alpha value is -0.820. The monoisotopic (exact) mass is 293 g/mol. The maximum Gasteiger partial charge on any atom is 0.404 e. The van der Waals surface area contributed by atoms with E-state index in [2.05, 4.69) is 15.5 Å². The fourth-order valence-corrected chi connectivity index (χ4v) is 2.94. The maximum absolute atomic E-state index is 13.1. The van der Waals surface area contributed by atoms with E-state index in [0.29, 0.717) is 13.0 Å². The summed E-state index contributed by atoms with van der Waals surface area (Å²) in [6.07, 6.45) is -1.58. The molecule has 0 bridgehead atoms. The van der Waals surface area contributed by atoms with E-state index < -0.39 is 17.5 Å². The van der Waals surface area contributed by atoms with Crippen molar-refractivity contribution in [2.75, 3.05) is 39.3 Å². The third kappa shape index (κ3) is 3.25. The summed E-state index contributed by atoms with van der Waals surface area (Å²) in [5.74, 6) is -0.878. The Kier molecular flexibility index (Phi) is 4.90. The van der Waals surface area contributed by atoms with E-state index in [1.54, 1.807) is 0 Å². The van der Waals surface area contributed by atoms with Gasteiger partial charge in [-0.1, -0.05) is 0 Å². The van der Waals surface area contributed by atoms with E-state index in [1.165, 1.54) is 12.8 Å². The van der Waals surface area contributed by atoms with Crippen LogP contribution in [-0.2, 0) is 4.79 Å². The van der Waals surface area contributed by atoms with E-state index in [0.717, 1.165) is 19.6 Å². The van der Waals surface area contributed by atoms with Crippen molar-refractivity contribution in [3.8, 4) is 0 Å². The molecule has 1 amide bonds. The molecule has 2 rings (SSSR count). The topological polar surface area (TPSA) is 44.4 Å². The van der Waals surface area contributed by atoms with Gasteiger partial charge in [-0.2, -0.15) is 13.2 Å². The molecule has 1 unspecified atom stereocenters. The van der Waals surface area contributed by atoms with Gasteiger partial charge in [0.25, 0.3) is 0 Å². The Morgan fingerprint density at radius 1 is 1.30 bits per heavy atom. The lowest BCUT2D eigenvalue weighted by Gasteiger charge is -2.29. The van der Waals surface area contributed by atoms with Gasteiger partial charge in [-0.25, -0.2) is 0 Å². The molecule has 2 N–H and O–H groups in total. The second kappa shape index (κ2) is 6.30. The van der Waals surface area contributed by atoms with Gasteiger partial charge >= 0.3 is 6.18 Å². The largest absolute Gasteiger partial charge is 0.404 e. The van der Waals surface area contributed by atoms with Crippen LogP contribution in [0.5, 0.6) is 0 Å². The van der Waals surface area contributed by atoms with Gasteiger partial charge in [-0.15, -0.1) is 0 Å². The Labute approximate surface area is 117 Å².